The summed E-state index contributed by atoms with van der Waals surface area (Å²) in [5.41, 5.74) is 2.30. The van der Waals surface area contributed by atoms with Crippen molar-refractivity contribution in [2.24, 2.45) is 0 Å². The standard InChI is InChI=1S/C14H14BrNO3S/c1-9-7-10(2)14(11(15)8-9)16-20(18,19)13-6-4-3-5-12(13)17/h3-8,16-17H,1-2H3. The van der Waals surface area contributed by atoms with Crippen molar-refractivity contribution in [1.82, 2.24) is 0 Å². The van der Waals surface area contributed by atoms with E-state index < -0.39 is 10.0 Å². The van der Waals surface area contributed by atoms with Gasteiger partial charge in [0, 0.05) is 4.47 Å². The Labute approximate surface area is 126 Å². The van der Waals surface area contributed by atoms with Crippen LogP contribution in [0.4, 0.5) is 5.69 Å². The molecule has 0 bridgehead atoms. The molecular formula is C14H14BrNO3S. The molecule has 0 radical (unpaired) electrons. The Morgan fingerprint density at radius 1 is 1.15 bits per heavy atom. The molecule has 4 nitrogen and oxygen atoms in total. The van der Waals surface area contributed by atoms with Gasteiger partial charge in [-0.25, -0.2) is 8.42 Å². The summed E-state index contributed by atoms with van der Waals surface area (Å²) in [6.07, 6.45) is 0. The highest BCUT2D eigenvalue weighted by Crippen LogP contribution is 2.31. The van der Waals surface area contributed by atoms with E-state index in [9.17, 15) is 13.5 Å². The Morgan fingerprint density at radius 3 is 2.40 bits per heavy atom. The van der Waals surface area contributed by atoms with E-state index in [0.29, 0.717) is 10.2 Å². The van der Waals surface area contributed by atoms with Gasteiger partial charge in [0.1, 0.15) is 10.6 Å². The number of para-hydroxylation sites is 1. The van der Waals surface area contributed by atoms with Crippen LogP contribution in [0.2, 0.25) is 0 Å². The first-order valence-corrected chi connectivity index (χ1v) is 8.16. The molecule has 0 aliphatic heterocycles. The van der Waals surface area contributed by atoms with Crippen molar-refractivity contribution >= 4 is 31.6 Å². The zero-order valence-corrected chi connectivity index (χ0v) is 13.4. The van der Waals surface area contributed by atoms with Crippen molar-refractivity contribution in [1.29, 1.82) is 0 Å². The number of aromatic hydroxyl groups is 1. The van der Waals surface area contributed by atoms with Crippen molar-refractivity contribution in [3.63, 3.8) is 0 Å². The number of hydrogen-bond donors (Lipinski definition) is 2. The number of anilines is 1. The lowest BCUT2D eigenvalue weighted by Crippen LogP contribution is -2.14. The molecule has 0 unspecified atom stereocenters. The summed E-state index contributed by atoms with van der Waals surface area (Å²) in [5.74, 6) is -0.277. The van der Waals surface area contributed by atoms with Crippen LogP contribution in [0.1, 0.15) is 11.1 Å². The van der Waals surface area contributed by atoms with Crippen LogP contribution in [-0.4, -0.2) is 13.5 Å². The van der Waals surface area contributed by atoms with Crippen LogP contribution in [0.15, 0.2) is 45.8 Å². The van der Waals surface area contributed by atoms with Gasteiger partial charge in [-0.15, -0.1) is 0 Å². The molecule has 106 valence electrons. The fourth-order valence-electron chi connectivity index (χ4n) is 1.92. The van der Waals surface area contributed by atoms with Gasteiger partial charge in [0.25, 0.3) is 10.0 Å². The molecule has 0 atom stereocenters. The normalized spacial score (nSPS) is 11.3. The summed E-state index contributed by atoms with van der Waals surface area (Å²) in [5, 5.41) is 9.68. The predicted octanol–water partition coefficient (Wildman–Crippen LogP) is 3.57. The molecule has 0 saturated carbocycles. The predicted molar refractivity (Wildman–Crippen MR) is 82.5 cm³/mol. The van der Waals surface area contributed by atoms with E-state index in [1.807, 2.05) is 26.0 Å². The third kappa shape index (κ3) is 2.96. The van der Waals surface area contributed by atoms with Crippen molar-refractivity contribution < 1.29 is 13.5 Å². The summed E-state index contributed by atoms with van der Waals surface area (Å²) in [6, 6.07) is 9.54. The maximum atomic E-state index is 12.3. The highest BCUT2D eigenvalue weighted by Gasteiger charge is 2.20. The van der Waals surface area contributed by atoms with Crippen LogP contribution in [0, 0.1) is 13.8 Å². The zero-order valence-electron chi connectivity index (χ0n) is 11.0. The molecule has 0 aliphatic rings. The third-order valence-corrected chi connectivity index (χ3v) is 4.85. The number of hydrogen-bond acceptors (Lipinski definition) is 3. The number of rotatable bonds is 3. The van der Waals surface area contributed by atoms with Gasteiger partial charge in [0.05, 0.1) is 5.69 Å². The molecule has 0 amide bonds. The molecule has 20 heavy (non-hydrogen) atoms. The highest BCUT2D eigenvalue weighted by molar-refractivity contribution is 9.10. The van der Waals surface area contributed by atoms with Crippen LogP contribution in [-0.2, 0) is 10.0 Å². The fourth-order valence-corrected chi connectivity index (χ4v) is 4.07. The lowest BCUT2D eigenvalue weighted by molar-refractivity contribution is 0.459. The largest absolute Gasteiger partial charge is 0.507 e. The van der Waals surface area contributed by atoms with Gasteiger partial charge in [0.15, 0.2) is 0 Å². The summed E-state index contributed by atoms with van der Waals surface area (Å²) in [4.78, 5) is -0.146. The molecule has 0 aliphatic carbocycles. The van der Waals surface area contributed by atoms with Crippen molar-refractivity contribution in [3.05, 3.63) is 52.0 Å². The number of phenols is 1. The molecule has 2 aromatic carbocycles. The molecular weight excluding hydrogens is 342 g/mol. The van der Waals surface area contributed by atoms with Crippen molar-refractivity contribution in [3.8, 4) is 5.75 Å². The van der Waals surface area contributed by atoms with E-state index in [1.165, 1.54) is 12.1 Å². The number of sulfonamides is 1. The van der Waals surface area contributed by atoms with Crippen LogP contribution < -0.4 is 4.72 Å². The number of benzene rings is 2. The van der Waals surface area contributed by atoms with E-state index in [-0.39, 0.29) is 10.6 Å². The van der Waals surface area contributed by atoms with Crippen LogP contribution in [0.3, 0.4) is 0 Å². The number of aryl methyl sites for hydroxylation is 2. The molecule has 6 heteroatoms. The Balaban J connectivity index is 2.47. The number of halogens is 1. The van der Waals surface area contributed by atoms with E-state index in [1.54, 1.807) is 12.1 Å². The molecule has 2 N–H and O–H groups in total. The second kappa shape index (κ2) is 5.46. The molecule has 2 aromatic rings. The van der Waals surface area contributed by atoms with E-state index in [2.05, 4.69) is 20.7 Å². The summed E-state index contributed by atoms with van der Waals surface area (Å²) >= 11 is 3.35. The van der Waals surface area contributed by atoms with Crippen LogP contribution in [0.25, 0.3) is 0 Å². The monoisotopic (exact) mass is 355 g/mol. The summed E-state index contributed by atoms with van der Waals surface area (Å²) in [7, 11) is -3.83. The van der Waals surface area contributed by atoms with Crippen molar-refractivity contribution in [2.45, 2.75) is 18.7 Å². The van der Waals surface area contributed by atoms with Gasteiger partial charge in [-0.3, -0.25) is 4.72 Å². The van der Waals surface area contributed by atoms with Crippen LogP contribution in [0.5, 0.6) is 5.75 Å². The van der Waals surface area contributed by atoms with Gasteiger partial charge in [-0.1, -0.05) is 18.2 Å². The van der Waals surface area contributed by atoms with Gasteiger partial charge in [-0.2, -0.15) is 0 Å². The minimum absolute atomic E-state index is 0.146. The Kier molecular flexibility index (Phi) is 4.06. The van der Waals surface area contributed by atoms with E-state index >= 15 is 0 Å². The van der Waals surface area contributed by atoms with Gasteiger partial charge >= 0.3 is 0 Å². The molecule has 0 aromatic heterocycles. The second-order valence-electron chi connectivity index (χ2n) is 4.51. The average molecular weight is 356 g/mol. The number of nitrogens with one attached hydrogen (secondary N) is 1. The Hall–Kier alpha value is -1.53. The zero-order chi connectivity index (χ0) is 14.9. The Morgan fingerprint density at radius 2 is 1.80 bits per heavy atom. The van der Waals surface area contributed by atoms with E-state index in [4.69, 9.17) is 0 Å². The van der Waals surface area contributed by atoms with Gasteiger partial charge in [0.2, 0.25) is 0 Å². The first-order chi connectivity index (χ1) is 9.31. The fraction of sp³-hybridized carbons (Fsp3) is 0.143. The number of phenolic OH excluding ortho intramolecular Hbond substituents is 1. The van der Waals surface area contributed by atoms with E-state index in [0.717, 1.165) is 11.1 Å². The Bertz CT molecular complexity index is 734. The lowest BCUT2D eigenvalue weighted by atomic mass is 10.1. The second-order valence-corrected chi connectivity index (χ2v) is 7.02. The smallest absolute Gasteiger partial charge is 0.265 e. The lowest BCUT2D eigenvalue weighted by Gasteiger charge is -2.14. The minimum atomic E-state index is -3.83. The summed E-state index contributed by atoms with van der Waals surface area (Å²) in [6.45, 7) is 3.75. The van der Waals surface area contributed by atoms with Crippen molar-refractivity contribution in [2.75, 3.05) is 4.72 Å². The molecule has 0 saturated heterocycles. The molecule has 0 fully saturated rings. The minimum Gasteiger partial charge on any atom is -0.507 e. The topological polar surface area (TPSA) is 66.4 Å². The maximum Gasteiger partial charge on any atom is 0.265 e. The van der Waals surface area contributed by atoms with Gasteiger partial charge in [-0.05, 0) is 59.1 Å². The maximum absolute atomic E-state index is 12.3. The molecule has 0 spiro atoms. The highest BCUT2D eigenvalue weighted by atomic mass is 79.9. The first kappa shape index (κ1) is 14.9. The quantitative estimate of drug-likeness (QED) is 0.884. The summed E-state index contributed by atoms with van der Waals surface area (Å²) < 4.78 is 27.8. The van der Waals surface area contributed by atoms with Crippen LogP contribution >= 0.6 is 15.9 Å². The first-order valence-electron chi connectivity index (χ1n) is 5.89. The third-order valence-electron chi connectivity index (χ3n) is 2.82. The van der Waals surface area contributed by atoms with Gasteiger partial charge < -0.3 is 5.11 Å². The SMILES string of the molecule is Cc1cc(C)c(NS(=O)(=O)c2ccccc2O)c(Br)c1. The molecule has 2 rings (SSSR count). The molecule has 0 heterocycles. The average Bonchev–Trinajstić information content (AvgIpc) is 2.34.